The van der Waals surface area contributed by atoms with Crippen LogP contribution in [0, 0.1) is 0 Å². The quantitative estimate of drug-likeness (QED) is 0.700. The van der Waals surface area contributed by atoms with Crippen LogP contribution in [0.2, 0.25) is 0 Å². The van der Waals surface area contributed by atoms with E-state index in [4.69, 9.17) is 9.47 Å². The largest absolute Gasteiger partial charge is 0.463 e. The van der Waals surface area contributed by atoms with Crippen molar-refractivity contribution in [3.63, 3.8) is 0 Å². The molecule has 3 rings (SSSR count). The minimum absolute atomic E-state index is 0.226. The Morgan fingerprint density at radius 1 is 1.15 bits per heavy atom. The average Bonchev–Trinajstić information content (AvgIpc) is 2.65. The minimum Gasteiger partial charge on any atom is -0.463 e. The Bertz CT molecular complexity index is 842. The van der Waals surface area contributed by atoms with Crippen molar-refractivity contribution in [2.24, 2.45) is 0 Å². The van der Waals surface area contributed by atoms with Crippen LogP contribution in [0.25, 0.3) is 5.57 Å². The molecular formula is C21H19BrO4. The fourth-order valence-electron chi connectivity index (χ4n) is 3.09. The van der Waals surface area contributed by atoms with Gasteiger partial charge in [0.1, 0.15) is 5.41 Å². The maximum absolute atomic E-state index is 13.0. The zero-order chi connectivity index (χ0) is 18.7. The van der Waals surface area contributed by atoms with Gasteiger partial charge in [-0.2, -0.15) is 0 Å². The first-order chi connectivity index (χ1) is 12.5. The van der Waals surface area contributed by atoms with Gasteiger partial charge in [-0.3, -0.25) is 4.79 Å². The van der Waals surface area contributed by atoms with E-state index in [-0.39, 0.29) is 6.61 Å². The Morgan fingerprint density at radius 2 is 1.81 bits per heavy atom. The molecule has 0 spiro atoms. The Labute approximate surface area is 160 Å². The van der Waals surface area contributed by atoms with Crippen molar-refractivity contribution in [2.75, 3.05) is 6.61 Å². The van der Waals surface area contributed by atoms with E-state index in [9.17, 15) is 9.59 Å². The number of esters is 2. The van der Waals surface area contributed by atoms with Crippen LogP contribution < -0.4 is 0 Å². The molecule has 2 aromatic carbocycles. The van der Waals surface area contributed by atoms with Crippen LogP contribution in [-0.2, 0) is 24.5 Å². The summed E-state index contributed by atoms with van der Waals surface area (Å²) < 4.78 is 11.4. The number of ether oxygens (including phenoxy) is 2. The minimum atomic E-state index is -1.04. The van der Waals surface area contributed by atoms with Gasteiger partial charge in [0, 0.05) is 4.47 Å². The SMILES string of the molecule is CCOC(=O)[C@@H]1C=C(c2ccc(Br)cc2)[C@](C)(c2ccccc2)C(=O)O1. The van der Waals surface area contributed by atoms with Gasteiger partial charge < -0.3 is 9.47 Å². The molecule has 2 atom stereocenters. The van der Waals surface area contributed by atoms with Crippen LogP contribution in [0.3, 0.4) is 0 Å². The van der Waals surface area contributed by atoms with Crippen LogP contribution in [0.15, 0.2) is 65.1 Å². The third-order valence-corrected chi connectivity index (χ3v) is 5.05. The third-order valence-electron chi connectivity index (χ3n) is 4.52. The number of hydrogen-bond donors (Lipinski definition) is 0. The number of halogens is 1. The van der Waals surface area contributed by atoms with Gasteiger partial charge in [-0.25, -0.2) is 4.79 Å². The second-order valence-corrected chi connectivity index (χ2v) is 7.07. The van der Waals surface area contributed by atoms with Gasteiger partial charge in [0.25, 0.3) is 0 Å². The highest BCUT2D eigenvalue weighted by Crippen LogP contribution is 2.43. The van der Waals surface area contributed by atoms with Crippen LogP contribution >= 0.6 is 15.9 Å². The van der Waals surface area contributed by atoms with Crippen LogP contribution in [0.4, 0.5) is 0 Å². The van der Waals surface area contributed by atoms with Crippen molar-refractivity contribution in [2.45, 2.75) is 25.4 Å². The summed E-state index contributed by atoms with van der Waals surface area (Å²) in [5, 5.41) is 0. The van der Waals surface area contributed by atoms with Crippen LogP contribution in [0.1, 0.15) is 25.0 Å². The summed E-state index contributed by atoms with van der Waals surface area (Å²) in [5.41, 5.74) is 1.37. The highest BCUT2D eigenvalue weighted by atomic mass is 79.9. The van der Waals surface area contributed by atoms with Crippen molar-refractivity contribution in [1.82, 2.24) is 0 Å². The lowest BCUT2D eigenvalue weighted by Gasteiger charge is -2.36. The Morgan fingerprint density at radius 3 is 2.42 bits per heavy atom. The van der Waals surface area contributed by atoms with E-state index < -0.39 is 23.5 Å². The zero-order valence-electron chi connectivity index (χ0n) is 14.6. The first-order valence-electron chi connectivity index (χ1n) is 8.38. The second kappa shape index (κ2) is 7.46. The topological polar surface area (TPSA) is 52.6 Å². The number of hydrogen-bond acceptors (Lipinski definition) is 4. The number of carbonyl (C=O) groups excluding carboxylic acids is 2. The molecule has 1 aliphatic rings. The number of rotatable bonds is 4. The van der Waals surface area contributed by atoms with Crippen molar-refractivity contribution >= 4 is 33.4 Å². The molecule has 0 radical (unpaired) electrons. The average molecular weight is 415 g/mol. The van der Waals surface area contributed by atoms with Gasteiger partial charge in [-0.15, -0.1) is 0 Å². The van der Waals surface area contributed by atoms with Gasteiger partial charge in [0.05, 0.1) is 6.61 Å². The summed E-state index contributed by atoms with van der Waals surface area (Å²) in [6.45, 7) is 3.76. The van der Waals surface area contributed by atoms with Crippen molar-refractivity contribution in [3.05, 3.63) is 76.3 Å². The first kappa shape index (κ1) is 18.4. The zero-order valence-corrected chi connectivity index (χ0v) is 16.2. The summed E-state index contributed by atoms with van der Waals surface area (Å²) in [6, 6.07) is 17.1. The van der Waals surface area contributed by atoms with Crippen LogP contribution in [-0.4, -0.2) is 24.6 Å². The number of carbonyl (C=O) groups is 2. The summed E-state index contributed by atoms with van der Waals surface area (Å²) in [6.07, 6.45) is 0.646. The summed E-state index contributed by atoms with van der Waals surface area (Å²) in [7, 11) is 0. The van der Waals surface area contributed by atoms with E-state index in [0.717, 1.165) is 21.2 Å². The molecule has 1 aliphatic heterocycles. The monoisotopic (exact) mass is 414 g/mol. The van der Waals surface area contributed by atoms with Gasteiger partial charge in [0.2, 0.25) is 6.10 Å². The molecular weight excluding hydrogens is 396 g/mol. The standard InChI is InChI=1S/C21H19BrO4/c1-3-25-19(23)18-13-17(14-9-11-16(22)12-10-14)21(2,20(24)26-18)15-7-5-4-6-8-15/h4-13,18H,3H2,1-2H3/t18-,21-/m0/s1. The number of cyclic esters (lactones) is 1. The molecule has 0 N–H and O–H groups in total. The maximum Gasteiger partial charge on any atom is 0.351 e. The lowest BCUT2D eigenvalue weighted by atomic mass is 9.71. The van der Waals surface area contributed by atoms with Crippen molar-refractivity contribution in [1.29, 1.82) is 0 Å². The molecule has 0 aromatic heterocycles. The molecule has 0 aliphatic carbocycles. The second-order valence-electron chi connectivity index (χ2n) is 6.16. The van der Waals surface area contributed by atoms with E-state index in [1.165, 1.54) is 0 Å². The maximum atomic E-state index is 13.0. The van der Waals surface area contributed by atoms with Gasteiger partial charge in [0.15, 0.2) is 0 Å². The highest BCUT2D eigenvalue weighted by Gasteiger charge is 2.47. The van der Waals surface area contributed by atoms with Crippen molar-refractivity contribution in [3.8, 4) is 0 Å². The molecule has 2 aromatic rings. The third kappa shape index (κ3) is 3.31. The summed E-state index contributed by atoms with van der Waals surface area (Å²) >= 11 is 3.43. The van der Waals surface area contributed by atoms with Crippen LogP contribution in [0.5, 0.6) is 0 Å². The predicted molar refractivity (Wildman–Crippen MR) is 102 cm³/mol. The van der Waals surface area contributed by atoms with E-state index in [1.807, 2.05) is 61.5 Å². The molecule has 0 saturated heterocycles. The van der Waals surface area contributed by atoms with E-state index in [1.54, 1.807) is 13.0 Å². The number of benzene rings is 2. The lowest BCUT2D eigenvalue weighted by molar-refractivity contribution is -0.167. The smallest absolute Gasteiger partial charge is 0.351 e. The van der Waals surface area contributed by atoms with E-state index >= 15 is 0 Å². The molecule has 0 unspecified atom stereocenters. The molecule has 4 nitrogen and oxygen atoms in total. The van der Waals surface area contributed by atoms with Crippen molar-refractivity contribution < 1.29 is 19.1 Å². The molecule has 0 bridgehead atoms. The fourth-order valence-corrected chi connectivity index (χ4v) is 3.36. The summed E-state index contributed by atoms with van der Waals surface area (Å²) in [4.78, 5) is 25.2. The Kier molecular flexibility index (Phi) is 5.28. The van der Waals surface area contributed by atoms with E-state index in [0.29, 0.717) is 0 Å². The predicted octanol–water partition coefficient (Wildman–Crippen LogP) is 4.28. The highest BCUT2D eigenvalue weighted by molar-refractivity contribution is 9.10. The lowest BCUT2D eigenvalue weighted by Crippen LogP contribution is -2.44. The molecule has 134 valence electrons. The van der Waals surface area contributed by atoms with E-state index in [2.05, 4.69) is 15.9 Å². The Hall–Kier alpha value is -2.40. The molecule has 5 heteroatoms. The van der Waals surface area contributed by atoms with Gasteiger partial charge in [-0.05, 0) is 48.8 Å². The molecule has 26 heavy (non-hydrogen) atoms. The summed E-state index contributed by atoms with van der Waals surface area (Å²) in [5.74, 6) is -1.03. The first-order valence-corrected chi connectivity index (χ1v) is 9.17. The van der Waals surface area contributed by atoms with Gasteiger partial charge >= 0.3 is 11.9 Å². The Balaban J connectivity index is 2.16. The van der Waals surface area contributed by atoms with Gasteiger partial charge in [-0.1, -0.05) is 58.4 Å². The molecule has 0 saturated carbocycles. The fraction of sp³-hybridized carbons (Fsp3) is 0.238. The molecule has 1 heterocycles. The normalized spacial score (nSPS) is 22.3. The molecule has 0 fully saturated rings. The molecule has 0 amide bonds.